The van der Waals surface area contributed by atoms with E-state index < -0.39 is 0 Å². The van der Waals surface area contributed by atoms with Gasteiger partial charge in [-0.1, -0.05) is 36.4 Å². The number of benzene rings is 1. The fourth-order valence-corrected chi connectivity index (χ4v) is 0.690. The van der Waals surface area contributed by atoms with Crippen molar-refractivity contribution in [3.63, 3.8) is 0 Å². The van der Waals surface area contributed by atoms with Gasteiger partial charge in [-0.2, -0.15) is 0 Å². The van der Waals surface area contributed by atoms with Crippen molar-refractivity contribution < 1.29 is 4.74 Å². The standard InChI is InChI=1S/C10H10O/c1-2-8-11-9-10-6-4-3-5-7-10/h2-7H,1,8H2. The molecular formula is C10H10O. The van der Waals surface area contributed by atoms with Crippen LogP contribution in [0.2, 0.25) is 0 Å². The minimum Gasteiger partial charge on any atom is -0.359 e. The van der Waals surface area contributed by atoms with Crippen LogP contribution >= 0.6 is 0 Å². The van der Waals surface area contributed by atoms with Crippen molar-refractivity contribution in [2.45, 2.75) is 0 Å². The molecule has 1 rings (SSSR count). The fraction of sp³-hybridized carbons (Fsp3) is 0.100. The van der Waals surface area contributed by atoms with E-state index in [0.717, 1.165) is 5.56 Å². The second-order valence-corrected chi connectivity index (χ2v) is 2.07. The second-order valence-electron chi connectivity index (χ2n) is 2.07. The lowest BCUT2D eigenvalue weighted by Gasteiger charge is -1.97. The third-order valence-corrected chi connectivity index (χ3v) is 1.16. The molecule has 56 valence electrons. The lowest BCUT2D eigenvalue weighted by molar-refractivity contribution is 0.248. The Labute approximate surface area is 67.3 Å². The average Bonchev–Trinajstić information content (AvgIpc) is 2.07. The van der Waals surface area contributed by atoms with Crippen LogP contribution in [-0.4, -0.2) is 6.61 Å². The maximum Gasteiger partial charge on any atom is 0.166 e. The van der Waals surface area contributed by atoms with Gasteiger partial charge in [0, 0.05) is 0 Å². The van der Waals surface area contributed by atoms with E-state index in [1.54, 1.807) is 6.08 Å². The zero-order valence-electron chi connectivity index (χ0n) is 6.29. The fourth-order valence-electron chi connectivity index (χ4n) is 0.690. The van der Waals surface area contributed by atoms with Crippen LogP contribution in [0.15, 0.2) is 43.0 Å². The maximum atomic E-state index is 5.00. The summed E-state index contributed by atoms with van der Waals surface area (Å²) >= 11 is 0. The molecule has 0 heterocycles. The van der Waals surface area contributed by atoms with Crippen molar-refractivity contribution in [3.05, 3.63) is 55.2 Å². The monoisotopic (exact) mass is 146 g/mol. The zero-order chi connectivity index (χ0) is 7.94. The van der Waals surface area contributed by atoms with Gasteiger partial charge in [-0.25, -0.2) is 0 Å². The Bertz CT molecular complexity index is 203. The molecular weight excluding hydrogens is 136 g/mol. The Morgan fingerprint density at radius 1 is 1.36 bits per heavy atom. The molecule has 0 N–H and O–H groups in total. The summed E-state index contributed by atoms with van der Waals surface area (Å²) in [5.41, 5.74) is 0.953. The molecule has 11 heavy (non-hydrogen) atoms. The van der Waals surface area contributed by atoms with Crippen molar-refractivity contribution in [2.24, 2.45) is 0 Å². The molecule has 0 fully saturated rings. The Morgan fingerprint density at radius 2 is 2.09 bits per heavy atom. The Morgan fingerprint density at radius 3 is 2.73 bits per heavy atom. The molecule has 0 atom stereocenters. The molecule has 0 unspecified atom stereocenters. The molecule has 0 saturated heterocycles. The van der Waals surface area contributed by atoms with Crippen molar-refractivity contribution in [2.75, 3.05) is 6.61 Å². The van der Waals surface area contributed by atoms with Crippen LogP contribution in [0, 0.1) is 6.61 Å². The summed E-state index contributed by atoms with van der Waals surface area (Å²) in [6, 6.07) is 9.71. The highest BCUT2D eigenvalue weighted by molar-refractivity contribution is 5.19. The van der Waals surface area contributed by atoms with Gasteiger partial charge in [0.2, 0.25) is 0 Å². The molecule has 0 saturated carbocycles. The molecule has 0 bridgehead atoms. The van der Waals surface area contributed by atoms with Gasteiger partial charge in [0.25, 0.3) is 0 Å². The van der Waals surface area contributed by atoms with Gasteiger partial charge in [-0.05, 0) is 5.56 Å². The summed E-state index contributed by atoms with van der Waals surface area (Å²) in [5, 5.41) is 0. The highest BCUT2D eigenvalue weighted by Gasteiger charge is 1.90. The highest BCUT2D eigenvalue weighted by Crippen LogP contribution is 2.01. The Kier molecular flexibility index (Phi) is 3.42. The van der Waals surface area contributed by atoms with Crippen LogP contribution in [0.1, 0.15) is 5.56 Å². The average molecular weight is 146 g/mol. The first-order valence-corrected chi connectivity index (χ1v) is 3.47. The summed E-state index contributed by atoms with van der Waals surface area (Å²) in [7, 11) is 0. The van der Waals surface area contributed by atoms with E-state index in [2.05, 4.69) is 13.2 Å². The molecule has 0 amide bonds. The lowest BCUT2D eigenvalue weighted by Crippen LogP contribution is -1.88. The maximum absolute atomic E-state index is 5.00. The van der Waals surface area contributed by atoms with Crippen molar-refractivity contribution >= 4 is 0 Å². The Balaban J connectivity index is 2.33. The molecule has 2 radical (unpaired) electrons. The van der Waals surface area contributed by atoms with Gasteiger partial charge >= 0.3 is 0 Å². The van der Waals surface area contributed by atoms with E-state index in [1.165, 1.54) is 0 Å². The molecule has 0 spiro atoms. The zero-order valence-corrected chi connectivity index (χ0v) is 6.29. The number of ether oxygens (including phenoxy) is 1. The summed E-state index contributed by atoms with van der Waals surface area (Å²) in [6.07, 6.45) is 1.69. The van der Waals surface area contributed by atoms with Crippen molar-refractivity contribution in [3.8, 4) is 0 Å². The van der Waals surface area contributed by atoms with Gasteiger partial charge in [-0.15, -0.1) is 6.58 Å². The summed E-state index contributed by atoms with van der Waals surface area (Å²) in [5.74, 6) is 0. The molecule has 0 aliphatic rings. The van der Waals surface area contributed by atoms with E-state index in [1.807, 2.05) is 30.3 Å². The van der Waals surface area contributed by atoms with Crippen molar-refractivity contribution in [1.82, 2.24) is 0 Å². The molecule has 1 aromatic carbocycles. The second kappa shape index (κ2) is 4.69. The molecule has 0 aromatic heterocycles. The SMILES string of the molecule is C=CCO[C]c1ccccc1. The van der Waals surface area contributed by atoms with Gasteiger partial charge in [0.15, 0.2) is 6.61 Å². The molecule has 0 aliphatic carbocycles. The van der Waals surface area contributed by atoms with Gasteiger partial charge in [0.05, 0.1) is 6.61 Å². The minimum atomic E-state index is 0.509. The third kappa shape index (κ3) is 3.01. The van der Waals surface area contributed by atoms with Crippen LogP contribution in [-0.2, 0) is 4.74 Å². The van der Waals surface area contributed by atoms with Gasteiger partial charge in [0.1, 0.15) is 0 Å². The van der Waals surface area contributed by atoms with Crippen LogP contribution < -0.4 is 0 Å². The first kappa shape index (κ1) is 8.02. The van der Waals surface area contributed by atoms with Crippen LogP contribution in [0.25, 0.3) is 0 Å². The van der Waals surface area contributed by atoms with E-state index in [9.17, 15) is 0 Å². The van der Waals surface area contributed by atoms with Crippen LogP contribution in [0.5, 0.6) is 0 Å². The van der Waals surface area contributed by atoms with E-state index in [4.69, 9.17) is 4.74 Å². The van der Waals surface area contributed by atoms with Gasteiger partial charge < -0.3 is 4.74 Å². The van der Waals surface area contributed by atoms with E-state index >= 15 is 0 Å². The molecule has 1 aromatic rings. The molecule has 1 heteroatoms. The quantitative estimate of drug-likeness (QED) is 0.467. The Hall–Kier alpha value is -1.08. The summed E-state index contributed by atoms with van der Waals surface area (Å²) < 4.78 is 5.00. The molecule has 1 nitrogen and oxygen atoms in total. The summed E-state index contributed by atoms with van der Waals surface area (Å²) in [4.78, 5) is 0. The topological polar surface area (TPSA) is 9.23 Å². The van der Waals surface area contributed by atoms with E-state index in [-0.39, 0.29) is 0 Å². The summed E-state index contributed by atoms with van der Waals surface area (Å²) in [6.45, 7) is 6.81. The van der Waals surface area contributed by atoms with Crippen LogP contribution in [0.3, 0.4) is 0 Å². The normalized spacial score (nSPS) is 9.45. The number of rotatable bonds is 4. The van der Waals surface area contributed by atoms with E-state index in [0.29, 0.717) is 6.61 Å². The first-order chi connectivity index (χ1) is 5.43. The minimum absolute atomic E-state index is 0.509. The largest absolute Gasteiger partial charge is 0.359 e. The number of hydrogen-bond donors (Lipinski definition) is 0. The third-order valence-electron chi connectivity index (χ3n) is 1.16. The predicted octanol–water partition coefficient (Wildman–Crippen LogP) is 2.28. The lowest BCUT2D eigenvalue weighted by atomic mass is 10.2. The number of hydrogen-bond acceptors (Lipinski definition) is 1. The van der Waals surface area contributed by atoms with Gasteiger partial charge in [-0.3, -0.25) is 0 Å². The predicted molar refractivity (Wildman–Crippen MR) is 44.9 cm³/mol. The van der Waals surface area contributed by atoms with Crippen LogP contribution in [0.4, 0.5) is 0 Å². The first-order valence-electron chi connectivity index (χ1n) is 3.47. The van der Waals surface area contributed by atoms with Crippen molar-refractivity contribution in [1.29, 1.82) is 0 Å². The smallest absolute Gasteiger partial charge is 0.166 e. The molecule has 0 aliphatic heterocycles. The highest BCUT2D eigenvalue weighted by atomic mass is 16.5.